The minimum Gasteiger partial charge on any atom is -0.496 e. The number of aromatic amines is 1. The lowest BCUT2D eigenvalue weighted by Crippen LogP contribution is -2.42. The summed E-state index contributed by atoms with van der Waals surface area (Å²) < 4.78 is 5.23. The van der Waals surface area contributed by atoms with Gasteiger partial charge in [0.25, 0.3) is 17.4 Å². The van der Waals surface area contributed by atoms with Crippen LogP contribution in [0.2, 0.25) is 0 Å². The van der Waals surface area contributed by atoms with Gasteiger partial charge in [-0.05, 0) is 30.5 Å². The van der Waals surface area contributed by atoms with E-state index in [1.165, 1.54) is 18.9 Å². The molecule has 0 saturated heterocycles. The van der Waals surface area contributed by atoms with Crippen LogP contribution in [0.25, 0.3) is 10.8 Å². The second-order valence-corrected chi connectivity index (χ2v) is 6.30. The van der Waals surface area contributed by atoms with Crippen molar-refractivity contribution < 1.29 is 14.3 Å². The molecule has 0 atom stereocenters. The van der Waals surface area contributed by atoms with E-state index in [4.69, 9.17) is 4.74 Å². The van der Waals surface area contributed by atoms with Gasteiger partial charge >= 0.3 is 0 Å². The zero-order chi connectivity index (χ0) is 19.4. The van der Waals surface area contributed by atoms with E-state index in [1.54, 1.807) is 42.5 Å². The largest absolute Gasteiger partial charge is 0.496 e. The summed E-state index contributed by atoms with van der Waals surface area (Å²) in [7, 11) is 1.46. The maximum absolute atomic E-state index is 12.4. The summed E-state index contributed by atoms with van der Waals surface area (Å²) in [5, 5.41) is 6.77. The van der Waals surface area contributed by atoms with Crippen molar-refractivity contribution in [1.29, 1.82) is 0 Å². The molecule has 0 spiro atoms. The van der Waals surface area contributed by atoms with Crippen molar-refractivity contribution in [2.75, 3.05) is 13.4 Å². The van der Waals surface area contributed by atoms with Crippen LogP contribution < -0.4 is 21.1 Å². The monoisotopic (exact) mass is 384 g/mol. The zero-order valence-electron chi connectivity index (χ0n) is 14.5. The fourth-order valence-electron chi connectivity index (χ4n) is 2.51. The maximum atomic E-state index is 12.4. The Morgan fingerprint density at radius 2 is 1.78 bits per heavy atom. The van der Waals surface area contributed by atoms with E-state index >= 15 is 0 Å². The average molecular weight is 384 g/mol. The summed E-state index contributed by atoms with van der Waals surface area (Å²) in [4.78, 5) is 37.5. The molecule has 27 heavy (non-hydrogen) atoms. The van der Waals surface area contributed by atoms with Crippen molar-refractivity contribution in [3.63, 3.8) is 0 Å². The zero-order valence-corrected chi connectivity index (χ0v) is 15.3. The van der Waals surface area contributed by atoms with Gasteiger partial charge < -0.3 is 4.74 Å². The van der Waals surface area contributed by atoms with Gasteiger partial charge in [0, 0.05) is 10.3 Å². The van der Waals surface area contributed by atoms with Crippen molar-refractivity contribution in [3.05, 3.63) is 64.1 Å². The number of hydrogen-bond donors (Lipinski definition) is 3. The highest BCUT2D eigenvalue weighted by atomic mass is 32.2. The van der Waals surface area contributed by atoms with Gasteiger partial charge in [-0.2, -0.15) is 5.10 Å². The fraction of sp³-hybridized carbons (Fsp3) is 0.111. The number of aromatic nitrogens is 2. The molecule has 0 aliphatic rings. The molecule has 1 aromatic heterocycles. The average Bonchev–Trinajstić information content (AvgIpc) is 2.71. The molecular formula is C18H16N4O4S. The van der Waals surface area contributed by atoms with E-state index in [9.17, 15) is 14.4 Å². The van der Waals surface area contributed by atoms with Crippen LogP contribution in [0.3, 0.4) is 0 Å². The van der Waals surface area contributed by atoms with E-state index in [-0.39, 0.29) is 11.3 Å². The topological polar surface area (TPSA) is 113 Å². The summed E-state index contributed by atoms with van der Waals surface area (Å²) in [6.07, 6.45) is 1.91. The van der Waals surface area contributed by atoms with Crippen LogP contribution in [0.4, 0.5) is 0 Å². The Hall–Kier alpha value is -3.33. The molecule has 1 heterocycles. The number of methoxy groups -OCH3 is 1. The summed E-state index contributed by atoms with van der Waals surface area (Å²) in [6, 6.07) is 11.7. The quantitative estimate of drug-likeness (QED) is 0.466. The van der Waals surface area contributed by atoms with Gasteiger partial charge in [0.1, 0.15) is 5.75 Å². The van der Waals surface area contributed by atoms with E-state index in [2.05, 4.69) is 21.0 Å². The molecule has 8 nitrogen and oxygen atoms in total. The number of hydrogen-bond acceptors (Lipinski definition) is 6. The number of nitrogens with zero attached hydrogens (tertiary/aromatic N) is 1. The predicted octanol–water partition coefficient (Wildman–Crippen LogP) is 1.73. The van der Waals surface area contributed by atoms with Crippen LogP contribution in [0, 0.1) is 0 Å². The van der Waals surface area contributed by atoms with Gasteiger partial charge in [0.2, 0.25) is 0 Å². The van der Waals surface area contributed by atoms with E-state index < -0.39 is 17.4 Å². The first-order chi connectivity index (χ1) is 13.0. The number of H-pyrrole nitrogens is 1. The van der Waals surface area contributed by atoms with Crippen LogP contribution in [0.5, 0.6) is 5.75 Å². The number of nitrogens with one attached hydrogen (secondary N) is 3. The molecule has 0 radical (unpaired) electrons. The van der Waals surface area contributed by atoms with E-state index in [1.807, 2.05) is 6.26 Å². The number of rotatable bonds is 4. The van der Waals surface area contributed by atoms with Crippen molar-refractivity contribution in [2.45, 2.75) is 4.90 Å². The molecule has 0 aliphatic carbocycles. The lowest BCUT2D eigenvalue weighted by Gasteiger charge is -2.11. The number of hydrazine groups is 1. The van der Waals surface area contributed by atoms with Crippen LogP contribution in [-0.4, -0.2) is 35.4 Å². The third kappa shape index (κ3) is 3.77. The van der Waals surface area contributed by atoms with Crippen molar-refractivity contribution in [3.8, 4) is 5.75 Å². The van der Waals surface area contributed by atoms with Crippen LogP contribution in [0.15, 0.2) is 52.2 Å². The highest BCUT2D eigenvalue weighted by Gasteiger charge is 2.17. The Morgan fingerprint density at radius 1 is 1.07 bits per heavy atom. The lowest BCUT2D eigenvalue weighted by molar-refractivity contribution is 0.0842. The summed E-state index contributed by atoms with van der Waals surface area (Å²) in [5.41, 5.74) is 4.51. The summed E-state index contributed by atoms with van der Waals surface area (Å²) in [5.74, 6) is -0.807. The SMILES string of the molecule is COc1cc(SC)ccc1C(=O)NNC(=O)c1n[nH]c(=O)c2ccccc12. The summed E-state index contributed by atoms with van der Waals surface area (Å²) >= 11 is 1.52. The molecule has 9 heteroatoms. The predicted molar refractivity (Wildman–Crippen MR) is 102 cm³/mol. The second-order valence-electron chi connectivity index (χ2n) is 5.42. The molecule has 0 unspecified atom stereocenters. The summed E-state index contributed by atoms with van der Waals surface area (Å²) in [6.45, 7) is 0. The van der Waals surface area contributed by atoms with Gasteiger partial charge in [-0.25, -0.2) is 5.10 Å². The Morgan fingerprint density at radius 3 is 2.48 bits per heavy atom. The number of benzene rings is 2. The molecule has 3 aromatic rings. The normalized spacial score (nSPS) is 10.4. The Kier molecular flexibility index (Phi) is 5.41. The second kappa shape index (κ2) is 7.92. The molecule has 0 fully saturated rings. The van der Waals surface area contributed by atoms with Gasteiger partial charge in [0.05, 0.1) is 18.1 Å². The first-order valence-electron chi connectivity index (χ1n) is 7.85. The minimum absolute atomic E-state index is 0.00445. The molecule has 3 N–H and O–H groups in total. The highest BCUT2D eigenvalue weighted by molar-refractivity contribution is 7.98. The minimum atomic E-state index is -0.657. The van der Waals surface area contributed by atoms with Crippen molar-refractivity contribution in [2.24, 2.45) is 0 Å². The Balaban J connectivity index is 1.80. The number of ether oxygens (including phenoxy) is 1. The molecule has 2 amide bonds. The van der Waals surface area contributed by atoms with Gasteiger partial charge in [-0.1, -0.05) is 18.2 Å². The Bertz CT molecular complexity index is 1080. The van der Waals surface area contributed by atoms with Gasteiger partial charge in [0.15, 0.2) is 5.69 Å². The standard InChI is InChI=1S/C18H16N4O4S/c1-26-14-9-10(27-2)7-8-13(14)17(24)21-22-18(25)15-11-5-3-4-6-12(11)16(23)20-19-15/h3-9H,1-2H3,(H,20,23)(H,21,24)(H,22,25). The number of amides is 2. The third-order valence-corrected chi connectivity index (χ3v) is 4.58. The number of carbonyl (C=O) groups is 2. The molecule has 2 aromatic carbocycles. The van der Waals surface area contributed by atoms with Crippen molar-refractivity contribution >= 4 is 34.3 Å². The van der Waals surface area contributed by atoms with Crippen molar-refractivity contribution in [1.82, 2.24) is 21.0 Å². The van der Waals surface area contributed by atoms with Crippen LogP contribution in [-0.2, 0) is 0 Å². The number of fused-ring (bicyclic) bond motifs is 1. The van der Waals surface area contributed by atoms with E-state index in [0.29, 0.717) is 16.5 Å². The van der Waals surface area contributed by atoms with Gasteiger partial charge in [-0.15, -0.1) is 11.8 Å². The maximum Gasteiger partial charge on any atom is 0.290 e. The van der Waals surface area contributed by atoms with Crippen LogP contribution >= 0.6 is 11.8 Å². The molecular weight excluding hydrogens is 368 g/mol. The molecule has 138 valence electrons. The first kappa shape index (κ1) is 18.5. The highest BCUT2D eigenvalue weighted by Crippen LogP contribution is 2.25. The third-order valence-electron chi connectivity index (χ3n) is 3.85. The molecule has 0 bridgehead atoms. The van der Waals surface area contributed by atoms with Gasteiger partial charge in [-0.3, -0.25) is 25.2 Å². The molecule has 0 aliphatic heterocycles. The smallest absolute Gasteiger partial charge is 0.290 e. The molecule has 3 rings (SSSR count). The van der Waals surface area contributed by atoms with Crippen LogP contribution in [0.1, 0.15) is 20.8 Å². The first-order valence-corrected chi connectivity index (χ1v) is 9.07. The number of thioether (sulfide) groups is 1. The Labute approximate surface area is 158 Å². The lowest BCUT2D eigenvalue weighted by atomic mass is 10.1. The number of carbonyl (C=O) groups excluding carboxylic acids is 2. The fourth-order valence-corrected chi connectivity index (χ4v) is 2.94. The molecule has 0 saturated carbocycles. The van der Waals surface area contributed by atoms with E-state index in [0.717, 1.165) is 4.90 Å².